The summed E-state index contributed by atoms with van der Waals surface area (Å²) in [4.78, 5) is 32.7. The Morgan fingerprint density at radius 2 is 2.19 bits per heavy atom. The fourth-order valence-electron chi connectivity index (χ4n) is 2.57. The molecule has 1 aromatic heterocycles. The lowest BCUT2D eigenvalue weighted by Gasteiger charge is -2.24. The third kappa shape index (κ3) is 7.34. The number of hydrogen-bond donors (Lipinski definition) is 3. The van der Waals surface area contributed by atoms with Crippen molar-refractivity contribution in [2.45, 2.75) is 32.0 Å². The summed E-state index contributed by atoms with van der Waals surface area (Å²) in [5.74, 6) is 5.32. The van der Waals surface area contributed by atoms with E-state index < -0.39 is 17.6 Å². The van der Waals surface area contributed by atoms with E-state index in [1.54, 1.807) is 38.4 Å². The summed E-state index contributed by atoms with van der Waals surface area (Å²) in [6.45, 7) is 4.65. The molecule has 0 saturated carbocycles. The number of aliphatic hydroxyl groups is 1. The van der Waals surface area contributed by atoms with E-state index >= 15 is 0 Å². The van der Waals surface area contributed by atoms with Gasteiger partial charge < -0.3 is 25.8 Å². The molecule has 0 aliphatic heterocycles. The molecule has 32 heavy (non-hydrogen) atoms. The van der Waals surface area contributed by atoms with Crippen LogP contribution in [0.3, 0.4) is 0 Å². The maximum Gasteiger partial charge on any atom is 0.269 e. The van der Waals surface area contributed by atoms with Gasteiger partial charge in [0.2, 0.25) is 6.41 Å². The van der Waals surface area contributed by atoms with E-state index in [1.807, 2.05) is 13.8 Å². The molecule has 170 valence electrons. The highest BCUT2D eigenvalue weighted by Gasteiger charge is 2.19. The number of nitrogens with zero attached hydrogens (tertiary/aromatic N) is 3. The number of carbonyl (C=O) groups is 2. The van der Waals surface area contributed by atoms with E-state index in [2.05, 4.69) is 27.1 Å². The van der Waals surface area contributed by atoms with Crippen molar-refractivity contribution in [1.82, 2.24) is 14.9 Å². The predicted molar refractivity (Wildman–Crippen MR) is 122 cm³/mol. The highest BCUT2D eigenvalue weighted by Crippen LogP contribution is 2.21. The smallest absolute Gasteiger partial charge is 0.269 e. The summed E-state index contributed by atoms with van der Waals surface area (Å²) in [5.41, 5.74) is 6.88. The highest BCUT2D eigenvalue weighted by molar-refractivity contribution is 5.96. The summed E-state index contributed by atoms with van der Waals surface area (Å²) in [5, 5.41) is 13.1. The number of nitrogens with two attached hydrogens (primary N) is 1. The normalized spacial score (nSPS) is 11.8. The molecular formula is C23H29N5O4. The Balaban J connectivity index is 2.22. The summed E-state index contributed by atoms with van der Waals surface area (Å²) in [6, 6.07) is 7.13. The van der Waals surface area contributed by atoms with Gasteiger partial charge in [0.1, 0.15) is 6.10 Å². The molecule has 0 fully saturated rings. The number of aromatic nitrogens is 2. The summed E-state index contributed by atoms with van der Waals surface area (Å²) >= 11 is 0. The number of nitrogens with one attached hydrogen (secondary N) is 1. The van der Waals surface area contributed by atoms with Gasteiger partial charge in [-0.2, -0.15) is 0 Å². The van der Waals surface area contributed by atoms with Crippen LogP contribution in [0.5, 0.6) is 0 Å². The van der Waals surface area contributed by atoms with Crippen LogP contribution in [0, 0.1) is 11.8 Å². The van der Waals surface area contributed by atoms with Crippen molar-refractivity contribution in [3.63, 3.8) is 0 Å². The van der Waals surface area contributed by atoms with Gasteiger partial charge in [-0.15, -0.1) is 0 Å². The first-order valence-corrected chi connectivity index (χ1v) is 10.1. The minimum Gasteiger partial charge on any atom is -0.380 e. The molecule has 0 unspecified atom stereocenters. The average molecular weight is 440 g/mol. The van der Waals surface area contributed by atoms with Crippen molar-refractivity contribution in [2.75, 3.05) is 32.6 Å². The molecule has 0 aliphatic rings. The van der Waals surface area contributed by atoms with E-state index in [9.17, 15) is 14.7 Å². The van der Waals surface area contributed by atoms with E-state index in [1.165, 1.54) is 11.1 Å². The largest absolute Gasteiger partial charge is 0.380 e. The Bertz CT molecular complexity index is 1010. The number of methoxy groups -OCH3 is 1. The number of aliphatic hydroxyl groups excluding tert-OH is 1. The van der Waals surface area contributed by atoms with E-state index in [0.717, 1.165) is 0 Å². The van der Waals surface area contributed by atoms with Gasteiger partial charge in [0.05, 0.1) is 17.5 Å². The first kappa shape index (κ1) is 24.8. The van der Waals surface area contributed by atoms with Crippen LogP contribution in [0.2, 0.25) is 0 Å². The molecular weight excluding hydrogens is 410 g/mol. The van der Waals surface area contributed by atoms with Crippen LogP contribution in [0.25, 0.3) is 11.4 Å². The molecule has 0 aliphatic carbocycles. The number of anilines is 1. The van der Waals surface area contributed by atoms with Gasteiger partial charge in [-0.05, 0) is 26.0 Å². The quantitative estimate of drug-likeness (QED) is 0.375. The molecule has 1 heterocycles. The number of rotatable bonds is 10. The van der Waals surface area contributed by atoms with E-state index in [4.69, 9.17) is 10.5 Å². The Morgan fingerprint density at radius 3 is 2.84 bits per heavy atom. The van der Waals surface area contributed by atoms with Gasteiger partial charge >= 0.3 is 0 Å². The Morgan fingerprint density at radius 1 is 1.44 bits per heavy atom. The minimum atomic E-state index is -0.861. The SMILES string of the molecule is COC(C)(C)CNc1cnc(-c2cccc(C#C[C@H](O)CCN(C)C=O)c2)nc1C(N)=O. The lowest BCUT2D eigenvalue weighted by molar-refractivity contribution is -0.117. The Labute approximate surface area is 188 Å². The van der Waals surface area contributed by atoms with Crippen LogP contribution >= 0.6 is 0 Å². The first-order valence-electron chi connectivity index (χ1n) is 10.1. The number of hydrogen-bond acceptors (Lipinski definition) is 7. The lowest BCUT2D eigenvalue weighted by atomic mass is 10.1. The zero-order chi connectivity index (χ0) is 23.7. The molecule has 4 N–H and O–H groups in total. The zero-order valence-electron chi connectivity index (χ0n) is 18.8. The summed E-state index contributed by atoms with van der Waals surface area (Å²) in [7, 11) is 3.24. The maximum atomic E-state index is 12.0. The van der Waals surface area contributed by atoms with Gasteiger partial charge in [0.15, 0.2) is 11.5 Å². The lowest BCUT2D eigenvalue weighted by Crippen LogP contribution is -2.33. The third-order valence-electron chi connectivity index (χ3n) is 4.72. The fraction of sp³-hybridized carbons (Fsp3) is 0.391. The molecule has 0 saturated heterocycles. The molecule has 0 radical (unpaired) electrons. The topological polar surface area (TPSA) is 131 Å². The second kappa shape index (κ2) is 11.2. The van der Waals surface area contributed by atoms with Crippen molar-refractivity contribution in [2.24, 2.45) is 5.73 Å². The van der Waals surface area contributed by atoms with Crippen LogP contribution < -0.4 is 11.1 Å². The number of primary amides is 1. The Kier molecular flexibility index (Phi) is 8.70. The molecule has 0 spiro atoms. The van der Waals surface area contributed by atoms with Crippen LogP contribution in [-0.2, 0) is 9.53 Å². The third-order valence-corrected chi connectivity index (χ3v) is 4.72. The van der Waals surface area contributed by atoms with Crippen molar-refractivity contribution in [3.05, 3.63) is 41.7 Å². The molecule has 2 rings (SSSR count). The fourth-order valence-corrected chi connectivity index (χ4v) is 2.57. The number of ether oxygens (including phenoxy) is 1. The number of carbonyl (C=O) groups excluding carboxylic acids is 2. The zero-order valence-corrected chi connectivity index (χ0v) is 18.8. The predicted octanol–water partition coefficient (Wildman–Crippen LogP) is 1.27. The van der Waals surface area contributed by atoms with Crippen molar-refractivity contribution >= 4 is 18.0 Å². The van der Waals surface area contributed by atoms with E-state index in [0.29, 0.717) is 48.6 Å². The summed E-state index contributed by atoms with van der Waals surface area (Å²) in [6.07, 6.45) is 1.70. The van der Waals surface area contributed by atoms with Gasteiger partial charge in [-0.3, -0.25) is 9.59 Å². The second-order valence-electron chi connectivity index (χ2n) is 7.88. The molecule has 1 atom stereocenters. The van der Waals surface area contributed by atoms with Crippen LogP contribution in [0.1, 0.15) is 36.3 Å². The molecule has 2 aromatic rings. The summed E-state index contributed by atoms with van der Waals surface area (Å²) < 4.78 is 5.37. The van der Waals surface area contributed by atoms with Gasteiger partial charge in [-0.1, -0.05) is 24.0 Å². The average Bonchev–Trinajstić information content (AvgIpc) is 2.79. The number of benzene rings is 1. The van der Waals surface area contributed by atoms with E-state index in [-0.39, 0.29) is 5.69 Å². The first-order chi connectivity index (χ1) is 15.1. The van der Waals surface area contributed by atoms with Gasteiger partial charge in [0.25, 0.3) is 5.91 Å². The van der Waals surface area contributed by atoms with Gasteiger partial charge in [-0.25, -0.2) is 9.97 Å². The van der Waals surface area contributed by atoms with Crippen molar-refractivity contribution < 1.29 is 19.4 Å². The van der Waals surface area contributed by atoms with Crippen LogP contribution in [0.15, 0.2) is 30.5 Å². The second-order valence-corrected chi connectivity index (χ2v) is 7.88. The monoisotopic (exact) mass is 439 g/mol. The standard InChI is InChI=1S/C23H29N5O4/c1-23(2,32-4)14-26-19-13-25-22(27-20(19)21(24)31)17-7-5-6-16(12-17)8-9-18(30)10-11-28(3)15-29/h5-7,12-13,15,18,26,30H,10-11,14H2,1-4H3,(H2,24,31)/t18-/m0/s1. The molecule has 9 heteroatoms. The molecule has 1 aromatic carbocycles. The Hall–Kier alpha value is -3.48. The molecule has 9 nitrogen and oxygen atoms in total. The number of amides is 2. The van der Waals surface area contributed by atoms with Crippen LogP contribution in [-0.4, -0.2) is 71.2 Å². The van der Waals surface area contributed by atoms with Gasteiger partial charge in [0, 0.05) is 44.8 Å². The van der Waals surface area contributed by atoms with Crippen molar-refractivity contribution in [1.29, 1.82) is 0 Å². The molecule has 0 bridgehead atoms. The maximum absolute atomic E-state index is 12.0. The van der Waals surface area contributed by atoms with Crippen LogP contribution in [0.4, 0.5) is 5.69 Å². The molecule has 2 amide bonds. The highest BCUT2D eigenvalue weighted by atomic mass is 16.5. The van der Waals surface area contributed by atoms with Crippen molar-refractivity contribution in [3.8, 4) is 23.2 Å². The minimum absolute atomic E-state index is 0.0770.